The topological polar surface area (TPSA) is 81.0 Å². The first kappa shape index (κ1) is 25.3. The summed E-state index contributed by atoms with van der Waals surface area (Å²) in [6, 6.07) is 5.50. The molecule has 1 atom stereocenters. The molecule has 1 aliphatic rings. The second-order valence-corrected chi connectivity index (χ2v) is 10.8. The fourth-order valence-electron chi connectivity index (χ4n) is 4.88. The minimum Gasteiger partial charge on any atom is -0.379 e. The standard InChI is InChI=1S/C27H32F2N4O2/c1-6-8-17-11-20(23-18(28)9-7-10-19(23)29)32-33-24(17)26(5,14-25(2,3)4)21-12-30-13-22(31-21)27(34)15-35-16-27/h7,9-13,34H,6,8,14-16H2,1-5H3/t26-/m0/s1. The van der Waals surface area contributed by atoms with Gasteiger partial charge in [0.15, 0.2) is 5.60 Å². The average molecular weight is 483 g/mol. The molecule has 0 aliphatic carbocycles. The Bertz CT molecular complexity index is 1200. The third kappa shape index (κ3) is 4.95. The molecular formula is C27H32F2N4O2. The van der Waals surface area contributed by atoms with Crippen molar-refractivity contribution >= 4 is 0 Å². The Morgan fingerprint density at radius 1 is 1.06 bits per heavy atom. The minimum absolute atomic E-state index is 0.121. The van der Waals surface area contributed by atoms with Crippen LogP contribution in [0.4, 0.5) is 8.78 Å². The minimum atomic E-state index is -1.16. The lowest BCUT2D eigenvalue weighted by Crippen LogP contribution is -2.47. The number of rotatable bonds is 7. The molecule has 0 saturated carbocycles. The molecule has 1 fully saturated rings. The van der Waals surface area contributed by atoms with E-state index in [1.54, 1.807) is 18.5 Å². The normalized spacial score (nSPS) is 17.0. The van der Waals surface area contributed by atoms with Crippen molar-refractivity contribution in [1.29, 1.82) is 0 Å². The van der Waals surface area contributed by atoms with E-state index in [0.717, 1.165) is 12.0 Å². The maximum atomic E-state index is 14.5. The van der Waals surface area contributed by atoms with Crippen molar-refractivity contribution in [3.8, 4) is 11.3 Å². The zero-order chi connectivity index (χ0) is 25.4. The molecule has 6 nitrogen and oxygen atoms in total. The maximum Gasteiger partial charge on any atom is 0.154 e. The molecule has 8 heteroatoms. The van der Waals surface area contributed by atoms with E-state index in [9.17, 15) is 13.9 Å². The second kappa shape index (κ2) is 9.32. The molecule has 3 aromatic rings. The van der Waals surface area contributed by atoms with E-state index in [0.29, 0.717) is 29.9 Å². The zero-order valence-electron chi connectivity index (χ0n) is 20.9. The molecular weight excluding hydrogens is 450 g/mol. The molecule has 0 unspecified atom stereocenters. The monoisotopic (exact) mass is 482 g/mol. The Labute approximate surface area is 204 Å². The molecule has 0 bridgehead atoms. The highest BCUT2D eigenvalue weighted by molar-refractivity contribution is 5.61. The number of ether oxygens (including phenoxy) is 1. The molecule has 2 aromatic heterocycles. The van der Waals surface area contributed by atoms with Gasteiger partial charge in [0.25, 0.3) is 0 Å². The van der Waals surface area contributed by atoms with Gasteiger partial charge in [-0.05, 0) is 48.9 Å². The molecule has 1 N–H and O–H groups in total. The fourth-order valence-corrected chi connectivity index (χ4v) is 4.88. The van der Waals surface area contributed by atoms with Crippen LogP contribution in [-0.4, -0.2) is 38.5 Å². The van der Waals surface area contributed by atoms with Crippen molar-refractivity contribution in [2.24, 2.45) is 5.41 Å². The van der Waals surface area contributed by atoms with E-state index in [4.69, 9.17) is 9.72 Å². The third-order valence-electron chi connectivity index (χ3n) is 6.38. The van der Waals surface area contributed by atoms with Gasteiger partial charge < -0.3 is 9.84 Å². The molecule has 0 radical (unpaired) electrons. The van der Waals surface area contributed by atoms with E-state index >= 15 is 0 Å². The molecule has 0 amide bonds. The van der Waals surface area contributed by atoms with Gasteiger partial charge in [0, 0.05) is 6.20 Å². The summed E-state index contributed by atoms with van der Waals surface area (Å²) in [6.07, 6.45) is 5.38. The Hall–Kier alpha value is -2.84. The predicted molar refractivity (Wildman–Crippen MR) is 129 cm³/mol. The summed E-state index contributed by atoms with van der Waals surface area (Å²) in [7, 11) is 0. The highest BCUT2D eigenvalue weighted by Crippen LogP contribution is 2.43. The summed E-state index contributed by atoms with van der Waals surface area (Å²) >= 11 is 0. The quantitative estimate of drug-likeness (QED) is 0.503. The zero-order valence-corrected chi connectivity index (χ0v) is 20.9. The smallest absolute Gasteiger partial charge is 0.154 e. The lowest BCUT2D eigenvalue weighted by Gasteiger charge is -2.38. The first-order chi connectivity index (χ1) is 16.5. The first-order valence-electron chi connectivity index (χ1n) is 11.9. The molecule has 186 valence electrons. The van der Waals surface area contributed by atoms with Crippen molar-refractivity contribution < 1.29 is 18.6 Å². The van der Waals surface area contributed by atoms with Gasteiger partial charge >= 0.3 is 0 Å². The summed E-state index contributed by atoms with van der Waals surface area (Å²) in [5.74, 6) is -1.36. The van der Waals surface area contributed by atoms with Crippen LogP contribution in [0.15, 0.2) is 36.7 Å². The van der Waals surface area contributed by atoms with Crippen LogP contribution in [0.1, 0.15) is 70.1 Å². The van der Waals surface area contributed by atoms with E-state index < -0.39 is 22.7 Å². The molecule has 0 spiro atoms. The van der Waals surface area contributed by atoms with Crippen LogP contribution in [0, 0.1) is 17.0 Å². The molecule has 3 heterocycles. The summed E-state index contributed by atoms with van der Waals surface area (Å²) in [6.45, 7) is 10.8. The molecule has 1 aromatic carbocycles. The highest BCUT2D eigenvalue weighted by atomic mass is 19.1. The van der Waals surface area contributed by atoms with E-state index in [2.05, 4.69) is 36.0 Å². The van der Waals surface area contributed by atoms with Crippen molar-refractivity contribution in [2.75, 3.05) is 13.2 Å². The number of nitrogens with zero attached hydrogens (tertiary/aromatic N) is 4. The van der Waals surface area contributed by atoms with Crippen molar-refractivity contribution in [3.63, 3.8) is 0 Å². The van der Waals surface area contributed by atoms with Crippen LogP contribution in [0.3, 0.4) is 0 Å². The lowest BCUT2D eigenvalue weighted by molar-refractivity contribution is -0.187. The van der Waals surface area contributed by atoms with E-state index in [1.807, 2.05) is 13.8 Å². The van der Waals surface area contributed by atoms with Crippen LogP contribution in [-0.2, 0) is 22.2 Å². The summed E-state index contributed by atoms with van der Waals surface area (Å²) in [5, 5.41) is 19.7. The van der Waals surface area contributed by atoms with Crippen molar-refractivity contribution in [2.45, 2.75) is 64.9 Å². The Balaban J connectivity index is 1.89. The van der Waals surface area contributed by atoms with Gasteiger partial charge in [-0.2, -0.15) is 5.10 Å². The number of hydrogen-bond donors (Lipinski definition) is 1. The Morgan fingerprint density at radius 2 is 1.74 bits per heavy atom. The Kier molecular flexibility index (Phi) is 6.72. The van der Waals surface area contributed by atoms with Gasteiger partial charge in [-0.3, -0.25) is 9.97 Å². The first-order valence-corrected chi connectivity index (χ1v) is 11.9. The molecule has 1 saturated heterocycles. The third-order valence-corrected chi connectivity index (χ3v) is 6.38. The van der Waals surface area contributed by atoms with Crippen LogP contribution in [0.2, 0.25) is 0 Å². The molecule has 1 aliphatic heterocycles. The number of aliphatic hydroxyl groups is 1. The number of benzene rings is 1. The number of aryl methyl sites for hydroxylation is 1. The molecule has 4 rings (SSSR count). The fraction of sp³-hybridized carbons (Fsp3) is 0.481. The summed E-state index contributed by atoms with van der Waals surface area (Å²) in [5.41, 5.74) is 0.634. The predicted octanol–water partition coefficient (Wildman–Crippen LogP) is 5.12. The van der Waals surface area contributed by atoms with Crippen LogP contribution in [0.25, 0.3) is 11.3 Å². The number of halogens is 2. The lowest BCUT2D eigenvalue weighted by atomic mass is 9.69. The van der Waals surface area contributed by atoms with Gasteiger partial charge in [0.2, 0.25) is 0 Å². The second-order valence-electron chi connectivity index (χ2n) is 10.8. The van der Waals surface area contributed by atoms with Crippen LogP contribution < -0.4 is 0 Å². The average Bonchev–Trinajstić information content (AvgIpc) is 2.76. The van der Waals surface area contributed by atoms with Crippen LogP contribution in [0.5, 0.6) is 0 Å². The largest absolute Gasteiger partial charge is 0.379 e. The van der Waals surface area contributed by atoms with Gasteiger partial charge in [0.1, 0.15) is 11.6 Å². The number of hydrogen-bond acceptors (Lipinski definition) is 6. The number of aromatic nitrogens is 4. The summed E-state index contributed by atoms with van der Waals surface area (Å²) < 4.78 is 34.2. The Morgan fingerprint density at radius 3 is 2.31 bits per heavy atom. The van der Waals surface area contributed by atoms with Crippen LogP contribution >= 0.6 is 0 Å². The van der Waals surface area contributed by atoms with Gasteiger partial charge in [0.05, 0.1) is 53.2 Å². The van der Waals surface area contributed by atoms with E-state index in [-0.39, 0.29) is 29.9 Å². The van der Waals surface area contributed by atoms with Crippen molar-refractivity contribution in [1.82, 2.24) is 20.2 Å². The SMILES string of the molecule is CCCc1cc(-c2c(F)cccc2F)nnc1[C@@](C)(CC(C)(C)C)c1cncc(C2(O)COC2)n1. The van der Waals surface area contributed by atoms with Gasteiger partial charge in [-0.1, -0.05) is 40.2 Å². The maximum absolute atomic E-state index is 14.5. The molecule has 35 heavy (non-hydrogen) atoms. The van der Waals surface area contributed by atoms with E-state index in [1.165, 1.54) is 18.2 Å². The summed E-state index contributed by atoms with van der Waals surface area (Å²) in [4.78, 5) is 9.22. The van der Waals surface area contributed by atoms with Gasteiger partial charge in [-0.25, -0.2) is 8.78 Å². The highest BCUT2D eigenvalue weighted by Gasteiger charge is 2.43. The van der Waals surface area contributed by atoms with Crippen molar-refractivity contribution in [3.05, 3.63) is 70.9 Å². The van der Waals surface area contributed by atoms with Gasteiger partial charge in [-0.15, -0.1) is 5.10 Å².